The van der Waals surface area contributed by atoms with Crippen LogP contribution < -0.4 is 5.32 Å². The molecule has 2 aromatic carbocycles. The van der Waals surface area contributed by atoms with Crippen molar-refractivity contribution in [2.24, 2.45) is 0 Å². The third-order valence-corrected chi connectivity index (χ3v) is 6.06. The predicted octanol–water partition coefficient (Wildman–Crippen LogP) is 6.08. The SMILES string of the molecule is Cc1cccc(-c2nc(C(C)C)no2)c1NC(=O)c1sc2cccc(F)c2c1C. The van der Waals surface area contributed by atoms with Crippen molar-refractivity contribution < 1.29 is 13.7 Å². The number of fused-ring (bicyclic) bond motifs is 1. The van der Waals surface area contributed by atoms with Crippen LogP contribution in [0.15, 0.2) is 40.9 Å². The summed E-state index contributed by atoms with van der Waals surface area (Å²) in [5, 5.41) is 7.48. The Labute approximate surface area is 171 Å². The Balaban J connectivity index is 1.74. The minimum Gasteiger partial charge on any atom is -0.334 e. The molecule has 0 spiro atoms. The number of nitrogens with zero attached hydrogens (tertiary/aromatic N) is 2. The number of aromatic nitrogens is 2. The average molecular weight is 409 g/mol. The largest absolute Gasteiger partial charge is 0.334 e. The number of hydrogen-bond donors (Lipinski definition) is 1. The third-order valence-electron chi connectivity index (χ3n) is 4.81. The van der Waals surface area contributed by atoms with Gasteiger partial charge in [-0.05, 0) is 43.2 Å². The van der Waals surface area contributed by atoms with E-state index in [0.29, 0.717) is 38.8 Å². The maximum atomic E-state index is 14.2. The molecule has 5 nitrogen and oxygen atoms in total. The van der Waals surface area contributed by atoms with Gasteiger partial charge in [0.2, 0.25) is 0 Å². The Kier molecular flexibility index (Phi) is 4.92. The van der Waals surface area contributed by atoms with Gasteiger partial charge in [-0.25, -0.2) is 4.39 Å². The van der Waals surface area contributed by atoms with Gasteiger partial charge in [0.1, 0.15) is 5.82 Å². The van der Waals surface area contributed by atoms with Crippen molar-refractivity contribution in [3.8, 4) is 11.5 Å². The van der Waals surface area contributed by atoms with Crippen molar-refractivity contribution in [2.45, 2.75) is 33.6 Å². The van der Waals surface area contributed by atoms with Crippen molar-refractivity contribution in [1.29, 1.82) is 0 Å². The molecule has 148 valence electrons. The highest BCUT2D eigenvalue weighted by atomic mass is 32.1. The van der Waals surface area contributed by atoms with E-state index < -0.39 is 0 Å². The molecule has 7 heteroatoms. The molecule has 29 heavy (non-hydrogen) atoms. The van der Waals surface area contributed by atoms with Crippen LogP contribution in [0.25, 0.3) is 21.5 Å². The summed E-state index contributed by atoms with van der Waals surface area (Å²) in [5.74, 6) is 0.481. The van der Waals surface area contributed by atoms with Gasteiger partial charge in [-0.1, -0.05) is 37.2 Å². The van der Waals surface area contributed by atoms with Gasteiger partial charge in [0, 0.05) is 16.0 Å². The van der Waals surface area contributed by atoms with Crippen LogP contribution in [-0.4, -0.2) is 16.0 Å². The van der Waals surface area contributed by atoms with E-state index in [-0.39, 0.29) is 17.6 Å². The van der Waals surface area contributed by atoms with Gasteiger partial charge in [-0.2, -0.15) is 4.98 Å². The zero-order valence-corrected chi connectivity index (χ0v) is 17.4. The molecule has 0 aliphatic heterocycles. The molecule has 0 aliphatic rings. The molecular weight excluding hydrogens is 389 g/mol. The number of aryl methyl sites for hydroxylation is 2. The molecule has 4 aromatic rings. The van der Waals surface area contributed by atoms with E-state index in [1.165, 1.54) is 17.4 Å². The van der Waals surface area contributed by atoms with E-state index in [0.717, 1.165) is 10.3 Å². The maximum absolute atomic E-state index is 14.2. The van der Waals surface area contributed by atoms with Crippen LogP contribution >= 0.6 is 11.3 Å². The summed E-state index contributed by atoms with van der Waals surface area (Å²) < 4.78 is 20.4. The second kappa shape index (κ2) is 7.40. The van der Waals surface area contributed by atoms with Crippen LogP contribution in [0.3, 0.4) is 0 Å². The van der Waals surface area contributed by atoms with E-state index in [1.54, 1.807) is 13.0 Å². The molecule has 0 fully saturated rings. The predicted molar refractivity (Wildman–Crippen MR) is 113 cm³/mol. The molecule has 0 bridgehead atoms. The van der Waals surface area contributed by atoms with E-state index in [4.69, 9.17) is 4.52 Å². The number of nitrogens with one attached hydrogen (secondary N) is 1. The number of carbonyl (C=O) groups excluding carboxylic acids is 1. The number of amides is 1. The quantitative estimate of drug-likeness (QED) is 0.443. The fourth-order valence-corrected chi connectivity index (χ4v) is 4.35. The number of thiophene rings is 1. The lowest BCUT2D eigenvalue weighted by Crippen LogP contribution is -2.13. The van der Waals surface area contributed by atoms with Crippen molar-refractivity contribution >= 4 is 33.0 Å². The molecule has 4 rings (SSSR count). The molecule has 0 radical (unpaired) electrons. The first kappa shape index (κ1) is 19.3. The zero-order valence-electron chi connectivity index (χ0n) is 16.5. The topological polar surface area (TPSA) is 68.0 Å². The van der Waals surface area contributed by atoms with Crippen molar-refractivity contribution in [3.63, 3.8) is 0 Å². The highest BCUT2D eigenvalue weighted by Gasteiger charge is 2.21. The fourth-order valence-electron chi connectivity index (χ4n) is 3.23. The van der Waals surface area contributed by atoms with Crippen LogP contribution in [0.4, 0.5) is 10.1 Å². The van der Waals surface area contributed by atoms with E-state index in [9.17, 15) is 9.18 Å². The van der Waals surface area contributed by atoms with E-state index in [2.05, 4.69) is 15.5 Å². The number of para-hydroxylation sites is 1. The normalized spacial score (nSPS) is 11.4. The molecule has 1 N–H and O–H groups in total. The number of halogens is 1. The summed E-state index contributed by atoms with van der Waals surface area (Å²) in [6, 6.07) is 10.5. The summed E-state index contributed by atoms with van der Waals surface area (Å²) in [6.07, 6.45) is 0. The number of benzene rings is 2. The van der Waals surface area contributed by atoms with Gasteiger partial charge in [0.05, 0.1) is 16.1 Å². The van der Waals surface area contributed by atoms with Crippen LogP contribution in [0.2, 0.25) is 0 Å². The van der Waals surface area contributed by atoms with Gasteiger partial charge >= 0.3 is 0 Å². The summed E-state index contributed by atoms with van der Waals surface area (Å²) in [5.41, 5.74) is 2.76. The average Bonchev–Trinajstić information content (AvgIpc) is 3.29. The minimum atomic E-state index is -0.320. The first-order chi connectivity index (χ1) is 13.9. The Bertz CT molecular complexity index is 1230. The number of rotatable bonds is 4. The first-order valence-corrected chi connectivity index (χ1v) is 10.1. The van der Waals surface area contributed by atoms with Gasteiger partial charge in [0.25, 0.3) is 11.8 Å². The Hall–Kier alpha value is -3.06. The summed E-state index contributed by atoms with van der Waals surface area (Å²) in [7, 11) is 0. The summed E-state index contributed by atoms with van der Waals surface area (Å²) in [4.78, 5) is 18.0. The second-order valence-corrected chi connectivity index (χ2v) is 8.29. The molecule has 1 amide bonds. The zero-order chi connectivity index (χ0) is 20.7. The molecule has 0 atom stereocenters. The second-order valence-electron chi connectivity index (χ2n) is 7.23. The molecular formula is C22H20FN3O2S. The third kappa shape index (κ3) is 3.42. The molecule has 0 unspecified atom stereocenters. The van der Waals surface area contributed by atoms with Crippen molar-refractivity contribution in [3.05, 3.63) is 64.0 Å². The standard InChI is InChI=1S/C22H20FN3O2S/c1-11(2)20-25-22(28-26-20)14-8-5-7-12(3)18(14)24-21(27)19-13(4)17-15(23)9-6-10-16(17)29-19/h5-11H,1-4H3,(H,24,27). The van der Waals surface area contributed by atoms with Crippen molar-refractivity contribution in [2.75, 3.05) is 5.32 Å². The van der Waals surface area contributed by atoms with Gasteiger partial charge in [0.15, 0.2) is 5.82 Å². The Morgan fingerprint density at radius 1 is 1.17 bits per heavy atom. The molecule has 2 heterocycles. The lowest BCUT2D eigenvalue weighted by Gasteiger charge is -2.11. The Morgan fingerprint density at radius 2 is 1.93 bits per heavy atom. The molecule has 2 aromatic heterocycles. The minimum absolute atomic E-state index is 0.131. The lowest BCUT2D eigenvalue weighted by atomic mass is 10.1. The lowest BCUT2D eigenvalue weighted by molar-refractivity contribution is 0.103. The molecule has 0 saturated carbocycles. The number of anilines is 1. The van der Waals surface area contributed by atoms with Crippen LogP contribution in [-0.2, 0) is 0 Å². The van der Waals surface area contributed by atoms with Gasteiger partial charge in [-0.15, -0.1) is 11.3 Å². The van der Waals surface area contributed by atoms with Crippen LogP contribution in [0.1, 0.15) is 46.4 Å². The highest BCUT2D eigenvalue weighted by Crippen LogP contribution is 2.35. The summed E-state index contributed by atoms with van der Waals surface area (Å²) >= 11 is 1.28. The first-order valence-electron chi connectivity index (χ1n) is 9.29. The molecule has 0 aliphatic carbocycles. The number of carbonyl (C=O) groups is 1. The van der Waals surface area contributed by atoms with Gasteiger partial charge < -0.3 is 9.84 Å². The van der Waals surface area contributed by atoms with E-state index >= 15 is 0 Å². The maximum Gasteiger partial charge on any atom is 0.266 e. The highest BCUT2D eigenvalue weighted by molar-refractivity contribution is 7.21. The van der Waals surface area contributed by atoms with Gasteiger partial charge in [-0.3, -0.25) is 4.79 Å². The molecule has 0 saturated heterocycles. The monoisotopic (exact) mass is 409 g/mol. The van der Waals surface area contributed by atoms with Crippen LogP contribution in [0.5, 0.6) is 0 Å². The summed E-state index contributed by atoms with van der Waals surface area (Å²) in [6.45, 7) is 7.63. The van der Waals surface area contributed by atoms with E-state index in [1.807, 2.05) is 45.0 Å². The number of hydrogen-bond acceptors (Lipinski definition) is 5. The van der Waals surface area contributed by atoms with Crippen LogP contribution in [0, 0.1) is 19.7 Å². The van der Waals surface area contributed by atoms with Crippen molar-refractivity contribution in [1.82, 2.24) is 10.1 Å². The smallest absolute Gasteiger partial charge is 0.266 e. The fraction of sp³-hybridized carbons (Fsp3) is 0.227. The Morgan fingerprint density at radius 3 is 2.62 bits per heavy atom.